The molecule has 0 aromatic rings. The van der Waals surface area contributed by atoms with Gasteiger partial charge in [-0.1, -0.05) is 6.42 Å². The Morgan fingerprint density at radius 1 is 1.38 bits per heavy atom. The molecule has 5 nitrogen and oxygen atoms in total. The number of hydrogen-bond acceptors (Lipinski definition) is 3. The molecule has 1 saturated carbocycles. The smallest absolute Gasteiger partial charge is 0.237 e. The van der Waals surface area contributed by atoms with E-state index in [1.54, 1.807) is 0 Å². The molecule has 4 N–H and O–H groups in total. The maximum Gasteiger partial charge on any atom is 0.237 e. The van der Waals surface area contributed by atoms with Crippen molar-refractivity contribution in [3.8, 4) is 0 Å². The predicted octanol–water partition coefficient (Wildman–Crippen LogP) is -0.634. The molecule has 2 fully saturated rings. The summed E-state index contributed by atoms with van der Waals surface area (Å²) in [6.45, 7) is 1.31. The van der Waals surface area contributed by atoms with Gasteiger partial charge in [0, 0.05) is 13.0 Å². The zero-order valence-corrected chi connectivity index (χ0v) is 9.37. The van der Waals surface area contributed by atoms with E-state index < -0.39 is 0 Å². The van der Waals surface area contributed by atoms with Crippen molar-refractivity contribution in [2.24, 2.45) is 17.6 Å². The fourth-order valence-corrected chi connectivity index (χ4v) is 2.89. The van der Waals surface area contributed by atoms with E-state index in [9.17, 15) is 9.59 Å². The SMILES string of the molecule is NC(=O)CCNC(=O)C1NCC2CCCC21. The lowest BCUT2D eigenvalue weighted by Crippen LogP contribution is -2.44. The normalized spacial score (nSPS) is 32.4. The van der Waals surface area contributed by atoms with Gasteiger partial charge in [-0.05, 0) is 31.2 Å². The van der Waals surface area contributed by atoms with Gasteiger partial charge in [-0.2, -0.15) is 0 Å². The molecule has 1 aliphatic carbocycles. The first-order valence-corrected chi connectivity index (χ1v) is 5.98. The number of hydrogen-bond donors (Lipinski definition) is 3. The molecule has 3 atom stereocenters. The van der Waals surface area contributed by atoms with Crippen molar-refractivity contribution in [1.82, 2.24) is 10.6 Å². The Balaban J connectivity index is 1.79. The van der Waals surface area contributed by atoms with E-state index in [1.165, 1.54) is 12.8 Å². The van der Waals surface area contributed by atoms with Crippen molar-refractivity contribution < 1.29 is 9.59 Å². The molecule has 0 spiro atoms. The highest BCUT2D eigenvalue weighted by atomic mass is 16.2. The van der Waals surface area contributed by atoms with Crippen LogP contribution in [0.4, 0.5) is 0 Å². The second-order valence-corrected chi connectivity index (χ2v) is 4.75. The predicted molar refractivity (Wildman–Crippen MR) is 59.4 cm³/mol. The molecule has 1 aliphatic heterocycles. The number of fused-ring (bicyclic) bond motifs is 1. The molecule has 1 saturated heterocycles. The topological polar surface area (TPSA) is 84.2 Å². The van der Waals surface area contributed by atoms with Crippen molar-refractivity contribution >= 4 is 11.8 Å². The minimum Gasteiger partial charge on any atom is -0.370 e. The Morgan fingerprint density at radius 3 is 2.94 bits per heavy atom. The monoisotopic (exact) mass is 225 g/mol. The standard InChI is InChI=1S/C11H19N3O2/c12-9(15)4-5-13-11(16)10-8-3-1-2-7(8)6-14-10/h7-8,10,14H,1-6H2,(H2,12,15)(H,13,16). The number of carbonyl (C=O) groups is 2. The Labute approximate surface area is 95.1 Å². The summed E-state index contributed by atoms with van der Waals surface area (Å²) in [5.74, 6) is 0.814. The molecular weight excluding hydrogens is 206 g/mol. The summed E-state index contributed by atoms with van der Waals surface area (Å²) >= 11 is 0. The number of nitrogens with two attached hydrogens (primary N) is 1. The molecule has 16 heavy (non-hydrogen) atoms. The third-order valence-corrected chi connectivity index (χ3v) is 3.70. The maximum absolute atomic E-state index is 11.8. The summed E-state index contributed by atoms with van der Waals surface area (Å²) < 4.78 is 0. The Kier molecular flexibility index (Phi) is 3.43. The van der Waals surface area contributed by atoms with Crippen molar-refractivity contribution in [2.45, 2.75) is 31.7 Å². The molecule has 3 unspecified atom stereocenters. The van der Waals surface area contributed by atoms with Gasteiger partial charge in [-0.15, -0.1) is 0 Å². The lowest BCUT2D eigenvalue weighted by Gasteiger charge is -2.17. The van der Waals surface area contributed by atoms with E-state index in [2.05, 4.69) is 10.6 Å². The van der Waals surface area contributed by atoms with Crippen LogP contribution in [0.2, 0.25) is 0 Å². The number of carbonyl (C=O) groups excluding carboxylic acids is 2. The molecule has 0 radical (unpaired) electrons. The number of rotatable bonds is 4. The highest BCUT2D eigenvalue weighted by Crippen LogP contribution is 2.37. The molecule has 0 aromatic heterocycles. The number of primary amides is 1. The Bertz CT molecular complexity index is 293. The van der Waals surface area contributed by atoms with Gasteiger partial charge in [0.2, 0.25) is 11.8 Å². The van der Waals surface area contributed by atoms with Crippen LogP contribution in [-0.2, 0) is 9.59 Å². The summed E-state index contributed by atoms with van der Waals surface area (Å²) in [4.78, 5) is 22.4. The molecular formula is C11H19N3O2. The van der Waals surface area contributed by atoms with E-state index in [-0.39, 0.29) is 24.3 Å². The summed E-state index contributed by atoms with van der Waals surface area (Å²) in [6, 6.07) is -0.0552. The van der Waals surface area contributed by atoms with E-state index in [0.717, 1.165) is 13.0 Å². The second-order valence-electron chi connectivity index (χ2n) is 4.75. The molecule has 2 amide bonds. The lowest BCUT2D eigenvalue weighted by atomic mass is 9.93. The van der Waals surface area contributed by atoms with Gasteiger partial charge >= 0.3 is 0 Å². The van der Waals surface area contributed by atoms with E-state index in [1.807, 2.05) is 0 Å². The lowest BCUT2D eigenvalue weighted by molar-refractivity contribution is -0.124. The average Bonchev–Trinajstić information content (AvgIpc) is 2.76. The average molecular weight is 225 g/mol. The van der Waals surface area contributed by atoms with Crippen molar-refractivity contribution in [1.29, 1.82) is 0 Å². The molecule has 0 bridgehead atoms. The number of nitrogens with one attached hydrogen (secondary N) is 2. The molecule has 2 rings (SSSR count). The third kappa shape index (κ3) is 2.35. The van der Waals surface area contributed by atoms with Crippen LogP contribution in [0.3, 0.4) is 0 Å². The molecule has 5 heteroatoms. The van der Waals surface area contributed by atoms with Crippen LogP contribution in [-0.4, -0.2) is 30.9 Å². The molecule has 0 aromatic carbocycles. The van der Waals surface area contributed by atoms with Crippen LogP contribution < -0.4 is 16.4 Å². The molecule has 90 valence electrons. The van der Waals surface area contributed by atoms with Gasteiger partial charge in [0.05, 0.1) is 6.04 Å². The van der Waals surface area contributed by atoms with E-state index in [4.69, 9.17) is 5.73 Å². The summed E-state index contributed by atoms with van der Waals surface area (Å²) in [7, 11) is 0. The van der Waals surface area contributed by atoms with E-state index in [0.29, 0.717) is 18.4 Å². The largest absolute Gasteiger partial charge is 0.370 e. The van der Waals surface area contributed by atoms with Gasteiger partial charge in [0.15, 0.2) is 0 Å². The second kappa shape index (κ2) is 4.82. The minimum absolute atomic E-state index is 0.0238. The van der Waals surface area contributed by atoms with Crippen molar-refractivity contribution in [3.63, 3.8) is 0 Å². The summed E-state index contributed by atoms with van der Waals surface area (Å²) in [5.41, 5.74) is 5.01. The number of amides is 2. The van der Waals surface area contributed by atoms with Crippen LogP contribution in [0, 0.1) is 11.8 Å². The first kappa shape index (κ1) is 11.4. The van der Waals surface area contributed by atoms with Gasteiger partial charge in [-0.3, -0.25) is 9.59 Å². The zero-order valence-electron chi connectivity index (χ0n) is 9.37. The molecule has 2 aliphatic rings. The quantitative estimate of drug-likeness (QED) is 0.595. The highest BCUT2D eigenvalue weighted by molar-refractivity contribution is 5.83. The highest BCUT2D eigenvalue weighted by Gasteiger charge is 2.42. The first-order chi connectivity index (χ1) is 7.68. The fourth-order valence-electron chi connectivity index (χ4n) is 2.89. The van der Waals surface area contributed by atoms with Crippen LogP contribution in [0.15, 0.2) is 0 Å². The maximum atomic E-state index is 11.8. The van der Waals surface area contributed by atoms with Gasteiger partial charge in [0.1, 0.15) is 0 Å². The zero-order chi connectivity index (χ0) is 11.5. The first-order valence-electron chi connectivity index (χ1n) is 5.98. The summed E-state index contributed by atoms with van der Waals surface area (Å²) in [5, 5.41) is 6.03. The molecule has 1 heterocycles. The van der Waals surface area contributed by atoms with Crippen LogP contribution in [0.1, 0.15) is 25.7 Å². The van der Waals surface area contributed by atoms with Crippen LogP contribution in [0.25, 0.3) is 0 Å². The Morgan fingerprint density at radius 2 is 2.19 bits per heavy atom. The Hall–Kier alpha value is -1.10. The van der Waals surface area contributed by atoms with E-state index >= 15 is 0 Å². The van der Waals surface area contributed by atoms with Crippen molar-refractivity contribution in [3.05, 3.63) is 0 Å². The van der Waals surface area contributed by atoms with Gasteiger partial charge in [0.25, 0.3) is 0 Å². The van der Waals surface area contributed by atoms with Gasteiger partial charge < -0.3 is 16.4 Å². The van der Waals surface area contributed by atoms with Crippen molar-refractivity contribution in [2.75, 3.05) is 13.1 Å². The third-order valence-electron chi connectivity index (χ3n) is 3.70. The fraction of sp³-hybridized carbons (Fsp3) is 0.818. The van der Waals surface area contributed by atoms with Crippen LogP contribution in [0.5, 0.6) is 0 Å². The minimum atomic E-state index is -0.376. The van der Waals surface area contributed by atoms with Gasteiger partial charge in [-0.25, -0.2) is 0 Å². The van der Waals surface area contributed by atoms with Crippen LogP contribution >= 0.6 is 0 Å². The summed E-state index contributed by atoms with van der Waals surface area (Å²) in [6.07, 6.45) is 3.84.